The first-order valence-corrected chi connectivity index (χ1v) is 10.0. The molecule has 3 atom stereocenters. The topological polar surface area (TPSA) is 125 Å². The highest BCUT2D eigenvalue weighted by Crippen LogP contribution is 2.14. The SMILES string of the molecule is NC1NC(SCC(=O)Nc2cccc(F)c2)NC(=O)C1NC(=O)c1ccc(F)c(F)c1. The van der Waals surface area contributed by atoms with Crippen molar-refractivity contribution in [2.24, 2.45) is 5.73 Å². The lowest BCUT2D eigenvalue weighted by molar-refractivity contribution is -0.125. The Morgan fingerprint density at radius 3 is 2.55 bits per heavy atom. The molecule has 31 heavy (non-hydrogen) atoms. The molecule has 1 fully saturated rings. The van der Waals surface area contributed by atoms with Gasteiger partial charge < -0.3 is 21.7 Å². The Hall–Kier alpha value is -3.09. The Morgan fingerprint density at radius 1 is 1.10 bits per heavy atom. The van der Waals surface area contributed by atoms with Crippen LogP contribution < -0.4 is 27.0 Å². The number of rotatable bonds is 6. The number of nitrogens with two attached hydrogens (primary N) is 1. The maximum absolute atomic E-state index is 13.3. The molecule has 1 aliphatic heterocycles. The molecular formula is C19H18F3N5O3S. The summed E-state index contributed by atoms with van der Waals surface area (Å²) in [6, 6.07) is 6.79. The molecule has 0 radical (unpaired) electrons. The summed E-state index contributed by atoms with van der Waals surface area (Å²) < 4.78 is 39.5. The van der Waals surface area contributed by atoms with E-state index in [0.29, 0.717) is 11.8 Å². The average Bonchev–Trinajstić information content (AvgIpc) is 2.71. The zero-order chi connectivity index (χ0) is 22.5. The van der Waals surface area contributed by atoms with Crippen LogP contribution in [0.2, 0.25) is 0 Å². The second kappa shape index (κ2) is 9.81. The molecule has 1 saturated heterocycles. The van der Waals surface area contributed by atoms with E-state index in [9.17, 15) is 27.6 Å². The third-order valence-corrected chi connectivity index (χ3v) is 5.23. The van der Waals surface area contributed by atoms with Gasteiger partial charge in [0.15, 0.2) is 11.6 Å². The Balaban J connectivity index is 1.51. The lowest BCUT2D eigenvalue weighted by Crippen LogP contribution is -2.70. The van der Waals surface area contributed by atoms with Crippen LogP contribution in [-0.4, -0.2) is 41.2 Å². The van der Waals surface area contributed by atoms with Crippen LogP contribution in [0.5, 0.6) is 0 Å². The predicted octanol–water partition coefficient (Wildman–Crippen LogP) is 0.862. The standard InChI is InChI=1S/C19H18F3N5O3S/c20-10-2-1-3-11(7-10)24-14(28)8-31-19-26-16(23)15(18(30)27-19)25-17(29)9-4-5-12(21)13(22)6-9/h1-7,15-16,19,26H,8,23H2,(H,24,28)(H,25,29)(H,27,30). The number of carbonyl (C=O) groups excluding carboxylic acids is 3. The van der Waals surface area contributed by atoms with Crippen LogP contribution in [-0.2, 0) is 9.59 Å². The number of hydrogen-bond donors (Lipinski definition) is 5. The van der Waals surface area contributed by atoms with Crippen molar-refractivity contribution < 1.29 is 27.6 Å². The van der Waals surface area contributed by atoms with Crippen LogP contribution >= 0.6 is 11.8 Å². The number of anilines is 1. The van der Waals surface area contributed by atoms with Crippen molar-refractivity contribution in [3.63, 3.8) is 0 Å². The first-order valence-electron chi connectivity index (χ1n) is 8.98. The van der Waals surface area contributed by atoms with Crippen LogP contribution in [0.15, 0.2) is 42.5 Å². The van der Waals surface area contributed by atoms with Gasteiger partial charge in [0.25, 0.3) is 5.91 Å². The summed E-state index contributed by atoms with van der Waals surface area (Å²) in [6.45, 7) is 0. The molecule has 1 heterocycles. The van der Waals surface area contributed by atoms with E-state index < -0.39 is 52.9 Å². The van der Waals surface area contributed by atoms with E-state index in [1.165, 1.54) is 24.3 Å². The highest BCUT2D eigenvalue weighted by Gasteiger charge is 2.35. The molecule has 6 N–H and O–H groups in total. The van der Waals surface area contributed by atoms with Crippen molar-refractivity contribution >= 4 is 35.2 Å². The fourth-order valence-corrected chi connectivity index (χ4v) is 3.57. The molecule has 3 unspecified atom stereocenters. The molecule has 0 bridgehead atoms. The Bertz CT molecular complexity index is 1010. The molecule has 12 heteroatoms. The van der Waals surface area contributed by atoms with Gasteiger partial charge in [-0.3, -0.25) is 19.7 Å². The Kier molecular flexibility index (Phi) is 7.15. The normalized spacial score (nSPS) is 20.6. The van der Waals surface area contributed by atoms with Crippen molar-refractivity contribution in [1.29, 1.82) is 0 Å². The van der Waals surface area contributed by atoms with Crippen LogP contribution in [0, 0.1) is 17.5 Å². The third kappa shape index (κ3) is 5.96. The highest BCUT2D eigenvalue weighted by atomic mass is 32.2. The molecule has 3 amide bonds. The van der Waals surface area contributed by atoms with Crippen molar-refractivity contribution in [2.75, 3.05) is 11.1 Å². The van der Waals surface area contributed by atoms with Gasteiger partial charge in [-0.25, -0.2) is 13.2 Å². The zero-order valence-electron chi connectivity index (χ0n) is 15.8. The predicted molar refractivity (Wildman–Crippen MR) is 108 cm³/mol. The summed E-state index contributed by atoms with van der Waals surface area (Å²) in [5, 5.41) is 10.2. The number of hydrogen-bond acceptors (Lipinski definition) is 6. The molecule has 0 aliphatic carbocycles. The first-order chi connectivity index (χ1) is 14.7. The molecule has 3 rings (SSSR count). The molecule has 0 spiro atoms. The third-order valence-electron chi connectivity index (χ3n) is 4.22. The van der Waals surface area contributed by atoms with E-state index in [4.69, 9.17) is 5.73 Å². The molecular weight excluding hydrogens is 435 g/mol. The molecule has 0 aromatic heterocycles. The number of nitrogens with one attached hydrogen (secondary N) is 4. The van der Waals surface area contributed by atoms with Crippen LogP contribution in [0.1, 0.15) is 10.4 Å². The number of amides is 3. The van der Waals surface area contributed by atoms with E-state index in [2.05, 4.69) is 21.3 Å². The Labute approximate surface area is 179 Å². The van der Waals surface area contributed by atoms with Crippen molar-refractivity contribution in [3.05, 3.63) is 65.5 Å². The van der Waals surface area contributed by atoms with Crippen LogP contribution in [0.3, 0.4) is 0 Å². The number of carbonyl (C=O) groups is 3. The number of benzene rings is 2. The van der Waals surface area contributed by atoms with E-state index in [1.807, 2.05) is 0 Å². The number of thioether (sulfide) groups is 1. The Morgan fingerprint density at radius 2 is 1.87 bits per heavy atom. The van der Waals surface area contributed by atoms with Crippen molar-refractivity contribution in [3.8, 4) is 0 Å². The van der Waals surface area contributed by atoms with Gasteiger partial charge in [-0.15, -0.1) is 11.8 Å². The van der Waals surface area contributed by atoms with Crippen LogP contribution in [0.4, 0.5) is 18.9 Å². The second-order valence-corrected chi connectivity index (χ2v) is 7.62. The van der Waals surface area contributed by atoms with Gasteiger partial charge >= 0.3 is 0 Å². The van der Waals surface area contributed by atoms with E-state index in [1.54, 1.807) is 0 Å². The van der Waals surface area contributed by atoms with Gasteiger partial charge in [-0.05, 0) is 36.4 Å². The summed E-state index contributed by atoms with van der Waals surface area (Å²) in [5.41, 5.74) is 5.30. The summed E-state index contributed by atoms with van der Waals surface area (Å²) >= 11 is 1.02. The maximum Gasteiger partial charge on any atom is 0.252 e. The molecule has 0 saturated carbocycles. The minimum atomic E-state index is -1.20. The maximum atomic E-state index is 13.3. The second-order valence-electron chi connectivity index (χ2n) is 6.53. The van der Waals surface area contributed by atoms with Gasteiger partial charge in [0, 0.05) is 11.3 Å². The summed E-state index contributed by atoms with van der Waals surface area (Å²) in [4.78, 5) is 36.6. The van der Waals surface area contributed by atoms with E-state index in [0.717, 1.165) is 23.9 Å². The fourth-order valence-electron chi connectivity index (χ4n) is 2.72. The van der Waals surface area contributed by atoms with Gasteiger partial charge in [0.05, 0.1) is 11.9 Å². The number of halogens is 3. The fraction of sp³-hybridized carbons (Fsp3) is 0.211. The van der Waals surface area contributed by atoms with E-state index in [-0.39, 0.29) is 11.3 Å². The lowest BCUT2D eigenvalue weighted by Gasteiger charge is -2.35. The van der Waals surface area contributed by atoms with Gasteiger partial charge in [0.1, 0.15) is 17.4 Å². The molecule has 8 nitrogen and oxygen atoms in total. The average molecular weight is 453 g/mol. The first kappa shape index (κ1) is 22.6. The van der Waals surface area contributed by atoms with Crippen LogP contribution in [0.25, 0.3) is 0 Å². The van der Waals surface area contributed by atoms with Crippen molar-refractivity contribution in [1.82, 2.24) is 16.0 Å². The van der Waals surface area contributed by atoms with Gasteiger partial charge in [-0.1, -0.05) is 6.07 Å². The smallest absolute Gasteiger partial charge is 0.252 e. The zero-order valence-corrected chi connectivity index (χ0v) is 16.6. The molecule has 2 aromatic rings. The summed E-state index contributed by atoms with van der Waals surface area (Å²) in [5.74, 6) is -4.72. The van der Waals surface area contributed by atoms with E-state index >= 15 is 0 Å². The molecule has 1 aliphatic rings. The lowest BCUT2D eigenvalue weighted by atomic mass is 10.1. The summed E-state index contributed by atoms with van der Waals surface area (Å²) in [7, 11) is 0. The monoisotopic (exact) mass is 453 g/mol. The quantitative estimate of drug-likeness (QED) is 0.442. The molecule has 164 valence electrons. The highest BCUT2D eigenvalue weighted by molar-refractivity contribution is 8.00. The van der Waals surface area contributed by atoms with Crippen molar-refractivity contribution in [2.45, 2.75) is 17.7 Å². The molecule has 2 aromatic carbocycles. The largest absolute Gasteiger partial charge is 0.338 e. The minimum absolute atomic E-state index is 0.0763. The van der Waals surface area contributed by atoms with Gasteiger partial charge in [-0.2, -0.15) is 0 Å². The summed E-state index contributed by atoms with van der Waals surface area (Å²) in [6.07, 6.45) is -1.01. The van der Waals surface area contributed by atoms with Gasteiger partial charge in [0.2, 0.25) is 11.8 Å². The minimum Gasteiger partial charge on any atom is -0.338 e.